The van der Waals surface area contributed by atoms with E-state index in [1.165, 1.54) is 0 Å². The lowest BCUT2D eigenvalue weighted by molar-refractivity contribution is -0.164. The minimum atomic E-state index is -0.826. The number of nitrogens with zero attached hydrogens (tertiary/aromatic N) is 1. The van der Waals surface area contributed by atoms with Crippen LogP contribution in [-0.2, 0) is 23.9 Å². The highest BCUT2D eigenvalue weighted by molar-refractivity contribution is 5.98. The highest BCUT2D eigenvalue weighted by Crippen LogP contribution is 2.30. The van der Waals surface area contributed by atoms with Gasteiger partial charge in [0.05, 0.1) is 6.42 Å². The summed E-state index contributed by atoms with van der Waals surface area (Å²) in [5, 5.41) is 5.68. The van der Waals surface area contributed by atoms with Crippen molar-refractivity contribution in [3.05, 3.63) is 48.0 Å². The van der Waals surface area contributed by atoms with E-state index in [0.717, 1.165) is 0 Å². The van der Waals surface area contributed by atoms with E-state index in [1.54, 1.807) is 36.1 Å². The van der Waals surface area contributed by atoms with Crippen LogP contribution in [0.2, 0.25) is 0 Å². The van der Waals surface area contributed by atoms with E-state index >= 15 is 0 Å². The van der Waals surface area contributed by atoms with Crippen molar-refractivity contribution in [2.24, 2.45) is 0 Å². The van der Waals surface area contributed by atoms with Gasteiger partial charge >= 0.3 is 5.97 Å². The van der Waals surface area contributed by atoms with Gasteiger partial charge in [-0.25, -0.2) is 0 Å². The van der Waals surface area contributed by atoms with Crippen LogP contribution < -0.4 is 10.6 Å². The van der Waals surface area contributed by atoms with Gasteiger partial charge in [-0.15, -0.1) is 0 Å². The maximum absolute atomic E-state index is 13.5. The Morgan fingerprint density at radius 1 is 1.09 bits per heavy atom. The molecule has 0 bridgehead atoms. The molecule has 4 rings (SSSR count). The number of hydrogen-bond acceptors (Lipinski definition) is 6. The fraction of sp³-hybridized carbons (Fsp3) is 0.500. The van der Waals surface area contributed by atoms with Gasteiger partial charge in [-0.2, -0.15) is 0 Å². The first-order chi connectivity index (χ1) is 16.0. The maximum atomic E-state index is 13.5. The van der Waals surface area contributed by atoms with Crippen molar-refractivity contribution in [2.45, 2.75) is 69.5 Å². The number of amides is 3. The Bertz CT molecular complexity index is 933. The van der Waals surface area contributed by atoms with Gasteiger partial charge in [0.25, 0.3) is 5.91 Å². The molecule has 0 aromatic heterocycles. The van der Waals surface area contributed by atoms with Crippen molar-refractivity contribution >= 4 is 23.7 Å². The summed E-state index contributed by atoms with van der Waals surface area (Å²) in [4.78, 5) is 52.7. The summed E-state index contributed by atoms with van der Waals surface area (Å²) in [6, 6.07) is 6.56. The summed E-state index contributed by atoms with van der Waals surface area (Å²) in [5.41, 5.74) is 0.469. The molecule has 5 atom stereocenters. The van der Waals surface area contributed by atoms with Crippen LogP contribution in [0.4, 0.5) is 0 Å². The van der Waals surface area contributed by atoms with Crippen molar-refractivity contribution in [3.63, 3.8) is 0 Å². The lowest BCUT2D eigenvalue weighted by Gasteiger charge is -2.34. The quantitative estimate of drug-likeness (QED) is 0.494. The number of carbonyl (C=O) groups excluding carboxylic acids is 4. The molecule has 176 valence electrons. The zero-order chi connectivity index (χ0) is 23.4. The van der Waals surface area contributed by atoms with E-state index in [2.05, 4.69) is 10.6 Å². The first-order valence-electron chi connectivity index (χ1n) is 11.4. The number of fused-ring (bicyclic) bond motifs is 1. The average Bonchev–Trinajstić information content (AvgIpc) is 3.37. The number of hydrogen-bond donors (Lipinski definition) is 2. The molecule has 0 spiro atoms. The third kappa shape index (κ3) is 5.08. The van der Waals surface area contributed by atoms with Crippen LogP contribution in [0.3, 0.4) is 0 Å². The fourth-order valence-corrected chi connectivity index (χ4v) is 4.67. The minimum absolute atomic E-state index is 0.0268. The first-order valence-corrected chi connectivity index (χ1v) is 11.4. The van der Waals surface area contributed by atoms with E-state index < -0.39 is 30.4 Å². The second-order valence-electron chi connectivity index (χ2n) is 8.46. The Hall–Kier alpha value is -3.20. The van der Waals surface area contributed by atoms with E-state index in [0.29, 0.717) is 37.9 Å². The number of esters is 1. The minimum Gasteiger partial charge on any atom is -0.433 e. The molecule has 2 N–H and O–H groups in total. The largest absolute Gasteiger partial charge is 0.433 e. The van der Waals surface area contributed by atoms with Crippen LogP contribution in [0.25, 0.3) is 0 Å². The van der Waals surface area contributed by atoms with Gasteiger partial charge in [-0.3, -0.25) is 19.2 Å². The number of ether oxygens (including phenoxy) is 2. The van der Waals surface area contributed by atoms with Gasteiger partial charge in [0.15, 0.2) is 0 Å². The summed E-state index contributed by atoms with van der Waals surface area (Å²) < 4.78 is 10.6. The van der Waals surface area contributed by atoms with Crippen molar-refractivity contribution in [2.75, 3.05) is 6.61 Å². The summed E-state index contributed by atoms with van der Waals surface area (Å²) in [6.07, 6.45) is 5.31. The smallest absolute Gasteiger partial charge is 0.310 e. The standard InChI is InChI=1S/C24H29N3O6/c1-2-32-24-18(14-20(28)33-24)26-22(30)19-13-12-16-10-6-7-11-17(23(31)27(16)19)25-21(29)15-8-4-3-5-9-15/h3-9,16-19,24H,2,10-14H2,1H3,(H,25,29)(H,26,30)/b7-6-. The topological polar surface area (TPSA) is 114 Å². The van der Waals surface area contributed by atoms with E-state index in [9.17, 15) is 19.2 Å². The normalized spacial score (nSPS) is 30.1. The summed E-state index contributed by atoms with van der Waals surface area (Å²) in [7, 11) is 0. The van der Waals surface area contributed by atoms with Crippen LogP contribution in [0.1, 0.15) is 49.4 Å². The number of carbonyl (C=O) groups is 4. The van der Waals surface area contributed by atoms with Crippen LogP contribution in [0.5, 0.6) is 0 Å². The lowest BCUT2D eigenvalue weighted by Crippen LogP contribution is -2.57. The molecule has 5 unspecified atom stereocenters. The molecule has 33 heavy (non-hydrogen) atoms. The molecule has 0 radical (unpaired) electrons. The zero-order valence-corrected chi connectivity index (χ0v) is 18.6. The Kier molecular flexibility index (Phi) is 7.08. The molecular formula is C24H29N3O6. The predicted octanol–water partition coefficient (Wildman–Crippen LogP) is 1.29. The lowest BCUT2D eigenvalue weighted by atomic mass is 10.0. The fourth-order valence-electron chi connectivity index (χ4n) is 4.67. The highest BCUT2D eigenvalue weighted by atomic mass is 16.7. The SMILES string of the molecule is CCOC1OC(=O)CC1NC(=O)C1CCC2C/C=C\CC(NC(=O)c3ccccc3)C(=O)N21. The molecule has 3 amide bonds. The number of benzene rings is 1. The van der Waals surface area contributed by atoms with Gasteiger partial charge in [-0.05, 0) is 44.7 Å². The van der Waals surface area contributed by atoms with Gasteiger partial charge < -0.3 is 25.0 Å². The molecule has 3 aliphatic heterocycles. The molecule has 3 heterocycles. The van der Waals surface area contributed by atoms with Crippen molar-refractivity contribution in [1.29, 1.82) is 0 Å². The molecule has 9 heteroatoms. The molecule has 1 aromatic carbocycles. The van der Waals surface area contributed by atoms with Crippen LogP contribution in [0.15, 0.2) is 42.5 Å². The second-order valence-corrected chi connectivity index (χ2v) is 8.46. The average molecular weight is 456 g/mol. The molecule has 2 fully saturated rings. The van der Waals surface area contributed by atoms with E-state index in [1.807, 2.05) is 18.2 Å². The molecular weight excluding hydrogens is 426 g/mol. The van der Waals surface area contributed by atoms with Crippen LogP contribution in [0, 0.1) is 0 Å². The molecule has 2 saturated heterocycles. The monoisotopic (exact) mass is 455 g/mol. The second kappa shape index (κ2) is 10.2. The van der Waals surface area contributed by atoms with Crippen LogP contribution >= 0.6 is 0 Å². The van der Waals surface area contributed by atoms with Crippen molar-refractivity contribution in [1.82, 2.24) is 15.5 Å². The summed E-state index contributed by atoms with van der Waals surface area (Å²) in [5.74, 6) is -1.37. The highest BCUT2D eigenvalue weighted by Gasteiger charge is 2.45. The Morgan fingerprint density at radius 3 is 2.61 bits per heavy atom. The Morgan fingerprint density at radius 2 is 1.85 bits per heavy atom. The molecule has 0 saturated carbocycles. The molecule has 3 aliphatic rings. The number of nitrogens with one attached hydrogen (secondary N) is 2. The Labute approximate surface area is 192 Å². The summed E-state index contributed by atoms with van der Waals surface area (Å²) >= 11 is 0. The molecule has 0 aliphatic carbocycles. The molecule has 9 nitrogen and oxygen atoms in total. The predicted molar refractivity (Wildman–Crippen MR) is 118 cm³/mol. The van der Waals surface area contributed by atoms with Gasteiger partial charge in [0.1, 0.15) is 18.1 Å². The van der Waals surface area contributed by atoms with Crippen molar-refractivity contribution < 1.29 is 28.7 Å². The first kappa shape index (κ1) is 23.0. The zero-order valence-electron chi connectivity index (χ0n) is 18.6. The number of rotatable bonds is 6. The maximum Gasteiger partial charge on any atom is 0.310 e. The Balaban J connectivity index is 1.48. The van der Waals surface area contributed by atoms with E-state index in [-0.39, 0.29) is 30.2 Å². The third-order valence-corrected chi connectivity index (χ3v) is 6.27. The van der Waals surface area contributed by atoms with E-state index in [4.69, 9.17) is 9.47 Å². The van der Waals surface area contributed by atoms with Gasteiger partial charge in [-0.1, -0.05) is 30.4 Å². The van der Waals surface area contributed by atoms with Gasteiger partial charge in [0.2, 0.25) is 18.1 Å². The van der Waals surface area contributed by atoms with Crippen LogP contribution in [-0.4, -0.2) is 65.7 Å². The third-order valence-electron chi connectivity index (χ3n) is 6.27. The molecule has 1 aromatic rings. The van der Waals surface area contributed by atoms with Gasteiger partial charge in [0, 0.05) is 18.2 Å². The summed E-state index contributed by atoms with van der Waals surface area (Å²) in [6.45, 7) is 2.12. The number of cyclic esters (lactones) is 1. The van der Waals surface area contributed by atoms with Crippen molar-refractivity contribution in [3.8, 4) is 0 Å².